The highest BCUT2D eigenvalue weighted by molar-refractivity contribution is 7.97. The summed E-state index contributed by atoms with van der Waals surface area (Å²) in [4.78, 5) is 38.2. The van der Waals surface area contributed by atoms with Gasteiger partial charge in [-0.1, -0.05) is 29.3 Å². The van der Waals surface area contributed by atoms with Crippen molar-refractivity contribution in [1.82, 2.24) is 9.62 Å². The van der Waals surface area contributed by atoms with Crippen molar-refractivity contribution in [2.24, 2.45) is 0 Å². The van der Waals surface area contributed by atoms with Gasteiger partial charge in [-0.3, -0.25) is 19.2 Å². The number of hydrogen-bond donors (Lipinski definition) is 2. The first-order valence-corrected chi connectivity index (χ1v) is 10.7. The third-order valence-corrected chi connectivity index (χ3v) is 5.55. The monoisotopic (exact) mass is 439 g/mol. The van der Waals surface area contributed by atoms with Crippen molar-refractivity contribution in [1.29, 1.82) is 0 Å². The fourth-order valence-corrected chi connectivity index (χ4v) is 3.88. The number of anilines is 1. The van der Waals surface area contributed by atoms with Gasteiger partial charge in [-0.15, -0.1) is 0 Å². The van der Waals surface area contributed by atoms with Crippen LogP contribution < -0.4 is 10.6 Å². The van der Waals surface area contributed by atoms with Crippen molar-refractivity contribution in [2.75, 3.05) is 25.0 Å². The molecule has 3 rings (SSSR count). The first-order chi connectivity index (χ1) is 14.9. The van der Waals surface area contributed by atoms with Gasteiger partial charge < -0.3 is 10.1 Å². The number of ether oxygens (including phenoxy) is 1. The number of nitrogens with zero attached hydrogens (tertiary/aromatic N) is 1. The molecule has 1 heterocycles. The van der Waals surface area contributed by atoms with Crippen molar-refractivity contribution >= 4 is 41.6 Å². The molecule has 0 aliphatic carbocycles. The van der Waals surface area contributed by atoms with Crippen LogP contribution in [0, 0.1) is 13.8 Å². The van der Waals surface area contributed by atoms with Gasteiger partial charge in [0.05, 0.1) is 12.3 Å². The minimum atomic E-state index is -0.567. The Labute approximate surface area is 186 Å². The molecule has 0 spiro atoms. The molecule has 8 heteroatoms. The normalized spacial score (nSPS) is 15.5. The van der Waals surface area contributed by atoms with Gasteiger partial charge in [0.15, 0.2) is 0 Å². The van der Waals surface area contributed by atoms with Gasteiger partial charge in [-0.25, -0.2) is 4.79 Å². The standard InChI is InChI=1S/C23H25N3O4S/c1-4-30-23(29)25-20-10-7-16(3)11-17(20)12-18-13-24-21(27)14-26(22(18)28)31-19-8-5-15(2)6-9-19/h5-12H,4,13-14H2,1-3H3,(H,24,27)(H,25,29)/b18-12+. The van der Waals surface area contributed by atoms with Crippen LogP contribution in [0.4, 0.5) is 10.5 Å². The maximum Gasteiger partial charge on any atom is 0.411 e. The topological polar surface area (TPSA) is 87.7 Å². The molecule has 1 aliphatic heterocycles. The van der Waals surface area contributed by atoms with E-state index in [0.717, 1.165) is 16.0 Å². The maximum absolute atomic E-state index is 13.2. The number of rotatable bonds is 5. The molecule has 0 atom stereocenters. The zero-order valence-corrected chi connectivity index (χ0v) is 18.5. The van der Waals surface area contributed by atoms with Crippen molar-refractivity contribution in [3.8, 4) is 0 Å². The van der Waals surface area contributed by atoms with E-state index in [4.69, 9.17) is 4.74 Å². The Hall–Kier alpha value is -3.26. The highest BCUT2D eigenvalue weighted by Gasteiger charge is 2.26. The Morgan fingerprint density at radius 2 is 1.87 bits per heavy atom. The molecule has 1 fully saturated rings. The highest BCUT2D eigenvalue weighted by Crippen LogP contribution is 2.27. The Bertz CT molecular complexity index is 1020. The molecule has 0 bridgehead atoms. The quantitative estimate of drug-likeness (QED) is 0.545. The van der Waals surface area contributed by atoms with Gasteiger partial charge in [-0.05, 0) is 68.6 Å². The highest BCUT2D eigenvalue weighted by atomic mass is 32.2. The van der Waals surface area contributed by atoms with E-state index >= 15 is 0 Å². The van der Waals surface area contributed by atoms with Crippen LogP contribution in [0.3, 0.4) is 0 Å². The lowest BCUT2D eigenvalue weighted by Gasteiger charge is -2.19. The molecule has 2 aromatic carbocycles. The van der Waals surface area contributed by atoms with Crippen molar-refractivity contribution < 1.29 is 19.1 Å². The number of carbonyl (C=O) groups excluding carboxylic acids is 3. The van der Waals surface area contributed by atoms with Crippen LogP contribution in [0.1, 0.15) is 23.6 Å². The van der Waals surface area contributed by atoms with Gasteiger partial charge in [0, 0.05) is 17.0 Å². The molecule has 0 radical (unpaired) electrons. The summed E-state index contributed by atoms with van der Waals surface area (Å²) in [5, 5.41) is 5.47. The van der Waals surface area contributed by atoms with E-state index in [1.54, 1.807) is 19.1 Å². The summed E-state index contributed by atoms with van der Waals surface area (Å²) in [5.74, 6) is -0.488. The van der Waals surface area contributed by atoms with Crippen LogP contribution in [0.25, 0.3) is 6.08 Å². The van der Waals surface area contributed by atoms with E-state index in [1.807, 2.05) is 50.2 Å². The van der Waals surface area contributed by atoms with Crippen LogP contribution in [0.15, 0.2) is 52.9 Å². The largest absolute Gasteiger partial charge is 0.450 e. The number of aryl methyl sites for hydroxylation is 2. The van der Waals surface area contributed by atoms with Crippen LogP contribution in [0.5, 0.6) is 0 Å². The molecule has 7 nitrogen and oxygen atoms in total. The first-order valence-electron chi connectivity index (χ1n) is 9.94. The summed E-state index contributed by atoms with van der Waals surface area (Å²) >= 11 is 1.23. The van der Waals surface area contributed by atoms with Crippen LogP contribution in [-0.4, -0.2) is 41.9 Å². The van der Waals surface area contributed by atoms with Crippen molar-refractivity contribution in [3.63, 3.8) is 0 Å². The van der Waals surface area contributed by atoms with Crippen LogP contribution >= 0.6 is 11.9 Å². The second-order valence-corrected chi connectivity index (χ2v) is 8.22. The summed E-state index contributed by atoms with van der Waals surface area (Å²) in [5.41, 5.74) is 3.69. The zero-order valence-electron chi connectivity index (χ0n) is 17.7. The van der Waals surface area contributed by atoms with E-state index in [9.17, 15) is 14.4 Å². The molecule has 2 N–H and O–H groups in total. The second-order valence-electron chi connectivity index (χ2n) is 7.13. The number of hydrogen-bond acceptors (Lipinski definition) is 5. The number of benzene rings is 2. The molecule has 0 aromatic heterocycles. The smallest absolute Gasteiger partial charge is 0.411 e. The molecule has 0 unspecified atom stereocenters. The van der Waals surface area contributed by atoms with Crippen LogP contribution in [0.2, 0.25) is 0 Å². The first kappa shape index (κ1) is 22.4. The molecular formula is C23H25N3O4S. The van der Waals surface area contributed by atoms with Gasteiger partial charge in [-0.2, -0.15) is 0 Å². The van der Waals surface area contributed by atoms with Gasteiger partial charge in [0.2, 0.25) is 5.91 Å². The summed E-state index contributed by atoms with van der Waals surface area (Å²) in [6.45, 7) is 5.95. The molecule has 1 aliphatic rings. The van der Waals surface area contributed by atoms with E-state index in [1.165, 1.54) is 16.3 Å². The molecule has 31 heavy (non-hydrogen) atoms. The van der Waals surface area contributed by atoms with Gasteiger partial charge in [0.25, 0.3) is 5.91 Å². The fourth-order valence-electron chi connectivity index (χ4n) is 2.98. The lowest BCUT2D eigenvalue weighted by atomic mass is 10.1. The lowest BCUT2D eigenvalue weighted by Crippen LogP contribution is -2.31. The minimum Gasteiger partial charge on any atom is -0.450 e. The predicted octanol–water partition coefficient (Wildman–Crippen LogP) is 3.92. The molecular weight excluding hydrogens is 414 g/mol. The summed E-state index contributed by atoms with van der Waals surface area (Å²) in [7, 11) is 0. The van der Waals surface area contributed by atoms with Gasteiger partial charge >= 0.3 is 6.09 Å². The van der Waals surface area contributed by atoms with Crippen molar-refractivity contribution in [3.05, 3.63) is 64.7 Å². The average molecular weight is 440 g/mol. The fraction of sp³-hybridized carbons (Fsp3) is 0.261. The van der Waals surface area contributed by atoms with Crippen molar-refractivity contribution in [2.45, 2.75) is 25.7 Å². The summed E-state index contributed by atoms with van der Waals surface area (Å²) < 4.78 is 6.41. The Balaban J connectivity index is 1.90. The van der Waals surface area contributed by atoms with E-state index in [-0.39, 0.29) is 31.5 Å². The van der Waals surface area contributed by atoms with E-state index in [0.29, 0.717) is 16.8 Å². The summed E-state index contributed by atoms with van der Waals surface area (Å²) in [6.07, 6.45) is 1.13. The predicted molar refractivity (Wildman–Crippen MR) is 122 cm³/mol. The molecule has 3 amide bonds. The number of amides is 3. The number of nitrogens with one attached hydrogen (secondary N) is 2. The maximum atomic E-state index is 13.2. The average Bonchev–Trinajstić information content (AvgIpc) is 2.85. The Kier molecular flexibility index (Phi) is 7.36. The van der Waals surface area contributed by atoms with Gasteiger partial charge in [0.1, 0.15) is 6.54 Å². The third kappa shape index (κ3) is 6.11. The van der Waals surface area contributed by atoms with E-state index in [2.05, 4.69) is 10.6 Å². The minimum absolute atomic E-state index is 0.0452. The molecule has 162 valence electrons. The Morgan fingerprint density at radius 3 is 2.58 bits per heavy atom. The van der Waals surface area contributed by atoms with E-state index < -0.39 is 6.09 Å². The molecule has 1 saturated heterocycles. The second kappa shape index (κ2) is 10.2. The third-order valence-electron chi connectivity index (χ3n) is 4.55. The molecule has 0 saturated carbocycles. The number of carbonyl (C=O) groups is 3. The Morgan fingerprint density at radius 1 is 1.16 bits per heavy atom. The van der Waals surface area contributed by atoms with Crippen LogP contribution in [-0.2, 0) is 14.3 Å². The molecule has 2 aromatic rings. The zero-order chi connectivity index (χ0) is 22.4. The summed E-state index contributed by atoms with van der Waals surface area (Å²) in [6, 6.07) is 13.2. The SMILES string of the molecule is CCOC(=O)Nc1ccc(C)cc1/C=C1\CNC(=O)CN(Sc2ccc(C)cc2)C1=O. The lowest BCUT2D eigenvalue weighted by molar-refractivity contribution is -0.126.